The topological polar surface area (TPSA) is 81.8 Å². The van der Waals surface area contributed by atoms with Crippen LogP contribution in [0.3, 0.4) is 0 Å². The van der Waals surface area contributed by atoms with Crippen LogP contribution < -0.4 is 11.0 Å². The zero-order valence-electron chi connectivity index (χ0n) is 11.8. The van der Waals surface area contributed by atoms with Crippen molar-refractivity contribution < 1.29 is 4.79 Å². The Bertz CT molecular complexity index is 850. The summed E-state index contributed by atoms with van der Waals surface area (Å²) in [6.45, 7) is 0. The Morgan fingerprint density at radius 2 is 1.68 bits per heavy atom. The number of amides is 1. The van der Waals surface area contributed by atoms with Gasteiger partial charge in [0.15, 0.2) is 0 Å². The van der Waals surface area contributed by atoms with Crippen molar-refractivity contribution in [2.24, 2.45) is 7.05 Å². The first kappa shape index (κ1) is 13.7. The maximum absolute atomic E-state index is 12.0. The van der Waals surface area contributed by atoms with E-state index in [9.17, 15) is 9.59 Å². The van der Waals surface area contributed by atoms with E-state index in [1.54, 1.807) is 48.5 Å². The molecule has 0 radical (unpaired) electrons. The molecule has 0 spiro atoms. The Hall–Kier alpha value is -3.22. The Morgan fingerprint density at radius 3 is 2.27 bits per heavy atom. The molecule has 0 saturated carbocycles. The Morgan fingerprint density at radius 1 is 1.00 bits per heavy atom. The molecule has 0 atom stereocenters. The number of hydrogen-bond acceptors (Lipinski definition) is 4. The van der Waals surface area contributed by atoms with Gasteiger partial charge in [-0.3, -0.25) is 4.79 Å². The van der Waals surface area contributed by atoms with Crippen LogP contribution in [0.2, 0.25) is 0 Å². The van der Waals surface area contributed by atoms with Crippen LogP contribution in [0.4, 0.5) is 5.69 Å². The lowest BCUT2D eigenvalue weighted by molar-refractivity contribution is 0.102. The predicted molar refractivity (Wildman–Crippen MR) is 81.0 cm³/mol. The second-order valence-electron chi connectivity index (χ2n) is 4.66. The van der Waals surface area contributed by atoms with Crippen molar-refractivity contribution in [3.63, 3.8) is 0 Å². The van der Waals surface area contributed by atoms with Gasteiger partial charge in [0.1, 0.15) is 0 Å². The van der Waals surface area contributed by atoms with E-state index in [2.05, 4.69) is 15.7 Å². The second kappa shape index (κ2) is 5.65. The molecular weight excluding hydrogens is 282 g/mol. The summed E-state index contributed by atoms with van der Waals surface area (Å²) in [5.74, 6) is -0.190. The number of hydrogen-bond donors (Lipinski definition) is 1. The number of rotatable bonds is 3. The zero-order chi connectivity index (χ0) is 15.5. The average molecular weight is 295 g/mol. The maximum Gasteiger partial charge on any atom is 0.368 e. The molecule has 7 heteroatoms. The molecule has 0 aliphatic rings. The summed E-state index contributed by atoms with van der Waals surface area (Å²) in [4.78, 5) is 23.8. The summed E-state index contributed by atoms with van der Waals surface area (Å²) < 4.78 is 2.33. The third-order valence-corrected chi connectivity index (χ3v) is 3.13. The van der Waals surface area contributed by atoms with E-state index < -0.39 is 0 Å². The first-order chi connectivity index (χ1) is 10.6. The van der Waals surface area contributed by atoms with Gasteiger partial charge in [0, 0.05) is 18.3 Å². The molecule has 1 N–H and O–H groups in total. The molecule has 110 valence electrons. The molecule has 0 saturated heterocycles. The Kier molecular flexibility index (Phi) is 3.53. The monoisotopic (exact) mass is 295 g/mol. The van der Waals surface area contributed by atoms with Gasteiger partial charge >= 0.3 is 5.69 Å². The number of benzene rings is 2. The van der Waals surface area contributed by atoms with E-state index in [1.165, 1.54) is 11.7 Å². The van der Waals surface area contributed by atoms with Gasteiger partial charge in [0.25, 0.3) is 5.91 Å². The maximum atomic E-state index is 12.0. The van der Waals surface area contributed by atoms with Gasteiger partial charge < -0.3 is 5.32 Å². The molecule has 1 heterocycles. The highest BCUT2D eigenvalue weighted by atomic mass is 16.2. The van der Waals surface area contributed by atoms with Gasteiger partial charge in [-0.05, 0) is 46.8 Å². The standard InChI is InChI=1S/C15H13N5O2/c1-19-15(22)20(18-17-19)13-9-7-12(8-10-13)16-14(21)11-5-3-2-4-6-11/h2-10H,1H3,(H,16,21). The smallest absolute Gasteiger partial charge is 0.322 e. The molecule has 22 heavy (non-hydrogen) atoms. The van der Waals surface area contributed by atoms with Crippen molar-refractivity contribution in [1.29, 1.82) is 0 Å². The SMILES string of the molecule is Cn1nnn(-c2ccc(NC(=O)c3ccccc3)cc2)c1=O. The summed E-state index contributed by atoms with van der Waals surface area (Å²) in [5.41, 5.74) is 1.46. The highest BCUT2D eigenvalue weighted by Gasteiger charge is 2.07. The van der Waals surface area contributed by atoms with Crippen molar-refractivity contribution in [1.82, 2.24) is 19.8 Å². The van der Waals surface area contributed by atoms with Crippen molar-refractivity contribution in [2.75, 3.05) is 5.32 Å². The van der Waals surface area contributed by atoms with E-state index in [0.717, 1.165) is 4.68 Å². The quantitative estimate of drug-likeness (QED) is 0.787. The molecule has 0 aliphatic carbocycles. The normalized spacial score (nSPS) is 10.4. The molecule has 1 aromatic heterocycles. The molecule has 2 aromatic carbocycles. The number of aromatic nitrogens is 4. The van der Waals surface area contributed by atoms with E-state index in [-0.39, 0.29) is 11.6 Å². The fraction of sp³-hybridized carbons (Fsp3) is 0.0667. The lowest BCUT2D eigenvalue weighted by Crippen LogP contribution is -2.21. The lowest BCUT2D eigenvalue weighted by Gasteiger charge is -2.06. The van der Waals surface area contributed by atoms with E-state index in [0.29, 0.717) is 16.9 Å². The molecule has 3 aromatic rings. The molecule has 7 nitrogen and oxygen atoms in total. The van der Waals surface area contributed by atoms with Gasteiger partial charge in [-0.25, -0.2) is 4.79 Å². The Labute approximate surface area is 125 Å². The number of nitrogens with one attached hydrogen (secondary N) is 1. The summed E-state index contributed by atoms with van der Waals surface area (Å²) >= 11 is 0. The summed E-state index contributed by atoms with van der Waals surface area (Å²) in [7, 11) is 1.53. The van der Waals surface area contributed by atoms with E-state index >= 15 is 0 Å². The van der Waals surface area contributed by atoms with Crippen molar-refractivity contribution in [3.05, 3.63) is 70.6 Å². The molecule has 0 unspecified atom stereocenters. The predicted octanol–water partition coefficient (Wildman–Crippen LogP) is 1.22. The van der Waals surface area contributed by atoms with Gasteiger partial charge in [-0.2, -0.15) is 9.36 Å². The van der Waals surface area contributed by atoms with E-state index in [4.69, 9.17) is 0 Å². The summed E-state index contributed by atoms with van der Waals surface area (Å²) in [6, 6.07) is 15.7. The number of carbonyl (C=O) groups is 1. The highest BCUT2D eigenvalue weighted by Crippen LogP contribution is 2.12. The van der Waals surface area contributed by atoms with Crippen molar-refractivity contribution >= 4 is 11.6 Å². The molecule has 0 aliphatic heterocycles. The number of aryl methyl sites for hydroxylation is 1. The van der Waals surface area contributed by atoms with Gasteiger partial charge in [-0.1, -0.05) is 18.2 Å². The molecular formula is C15H13N5O2. The minimum atomic E-state index is -0.332. The van der Waals surface area contributed by atoms with Crippen molar-refractivity contribution in [3.8, 4) is 5.69 Å². The van der Waals surface area contributed by atoms with Crippen LogP contribution in [0.5, 0.6) is 0 Å². The number of anilines is 1. The van der Waals surface area contributed by atoms with Crippen LogP contribution in [-0.2, 0) is 7.05 Å². The molecule has 3 rings (SSSR count). The third-order valence-electron chi connectivity index (χ3n) is 3.13. The Balaban J connectivity index is 1.79. The number of nitrogens with zero attached hydrogens (tertiary/aromatic N) is 4. The van der Waals surface area contributed by atoms with Crippen LogP contribution in [0, 0.1) is 0 Å². The largest absolute Gasteiger partial charge is 0.368 e. The van der Waals surface area contributed by atoms with Gasteiger partial charge in [0.05, 0.1) is 5.69 Å². The minimum absolute atomic E-state index is 0.190. The number of carbonyl (C=O) groups excluding carboxylic acids is 1. The number of tetrazole rings is 1. The van der Waals surface area contributed by atoms with Crippen molar-refractivity contribution in [2.45, 2.75) is 0 Å². The molecule has 1 amide bonds. The van der Waals surface area contributed by atoms with Crippen LogP contribution >= 0.6 is 0 Å². The van der Waals surface area contributed by atoms with Gasteiger partial charge in [0.2, 0.25) is 0 Å². The fourth-order valence-electron chi connectivity index (χ4n) is 1.95. The fourth-order valence-corrected chi connectivity index (χ4v) is 1.95. The highest BCUT2D eigenvalue weighted by molar-refractivity contribution is 6.04. The van der Waals surface area contributed by atoms with E-state index in [1.807, 2.05) is 6.07 Å². The minimum Gasteiger partial charge on any atom is -0.322 e. The third kappa shape index (κ3) is 2.64. The van der Waals surface area contributed by atoms with Crippen LogP contribution in [0.1, 0.15) is 10.4 Å². The summed E-state index contributed by atoms with van der Waals surface area (Å²) in [6.07, 6.45) is 0. The average Bonchev–Trinajstić information content (AvgIpc) is 2.89. The van der Waals surface area contributed by atoms with Gasteiger partial charge in [-0.15, -0.1) is 0 Å². The lowest BCUT2D eigenvalue weighted by atomic mass is 10.2. The zero-order valence-corrected chi connectivity index (χ0v) is 11.8. The van der Waals surface area contributed by atoms with Crippen LogP contribution in [0.15, 0.2) is 59.4 Å². The van der Waals surface area contributed by atoms with Crippen LogP contribution in [-0.4, -0.2) is 25.7 Å². The first-order valence-corrected chi connectivity index (χ1v) is 6.61. The first-order valence-electron chi connectivity index (χ1n) is 6.61. The summed E-state index contributed by atoms with van der Waals surface area (Å²) in [5, 5.41) is 10.2. The second-order valence-corrected chi connectivity index (χ2v) is 4.66. The van der Waals surface area contributed by atoms with Crippen LogP contribution in [0.25, 0.3) is 5.69 Å². The molecule has 0 bridgehead atoms. The molecule has 0 fully saturated rings.